The fourth-order valence-electron chi connectivity index (χ4n) is 9.76. The number of fused-ring (bicyclic) bond motifs is 8. The van der Waals surface area contributed by atoms with Crippen LogP contribution in [0.2, 0.25) is 0 Å². The lowest BCUT2D eigenvalue weighted by atomic mass is 9.84. The van der Waals surface area contributed by atoms with Gasteiger partial charge < -0.3 is 8.83 Å². The van der Waals surface area contributed by atoms with Crippen LogP contribution in [0, 0.1) is 0 Å². The zero-order valence-corrected chi connectivity index (χ0v) is 34.5. The Morgan fingerprint density at radius 2 is 0.688 bits per heavy atom. The van der Waals surface area contributed by atoms with Gasteiger partial charge in [0.15, 0.2) is 5.82 Å². The highest BCUT2D eigenvalue weighted by Gasteiger charge is 2.25. The highest BCUT2D eigenvalue weighted by atomic mass is 16.3. The normalized spacial score (nSPS) is 11.8. The van der Waals surface area contributed by atoms with E-state index in [1.807, 2.05) is 24.3 Å². The maximum absolute atomic E-state index is 6.71. The van der Waals surface area contributed by atoms with Gasteiger partial charge in [-0.05, 0) is 97.4 Å². The minimum Gasteiger partial charge on any atom is -0.455 e. The second-order valence-electron chi connectivity index (χ2n) is 16.4. The van der Waals surface area contributed by atoms with E-state index in [2.05, 4.69) is 194 Å². The van der Waals surface area contributed by atoms with Gasteiger partial charge in [0.1, 0.15) is 22.3 Å². The van der Waals surface area contributed by atoms with Gasteiger partial charge in [-0.25, -0.2) is 9.97 Å². The summed E-state index contributed by atoms with van der Waals surface area (Å²) < 4.78 is 13.4. The van der Waals surface area contributed by atoms with Crippen molar-refractivity contribution in [3.8, 4) is 67.3 Å². The van der Waals surface area contributed by atoms with Crippen molar-refractivity contribution >= 4 is 65.4 Å². The molecule has 0 unspecified atom stereocenters. The smallest absolute Gasteiger partial charge is 0.161 e. The summed E-state index contributed by atoms with van der Waals surface area (Å²) in [5.74, 6) is 0.596. The molecule has 13 rings (SSSR count). The summed E-state index contributed by atoms with van der Waals surface area (Å²) in [4.78, 5) is 11.4. The van der Waals surface area contributed by atoms with Crippen LogP contribution in [0.25, 0.3) is 133 Å². The van der Waals surface area contributed by atoms with E-state index in [0.29, 0.717) is 5.82 Å². The van der Waals surface area contributed by atoms with Gasteiger partial charge in [-0.3, -0.25) is 0 Å². The van der Waals surface area contributed by atoms with Crippen molar-refractivity contribution in [3.05, 3.63) is 218 Å². The van der Waals surface area contributed by atoms with Crippen LogP contribution in [0.3, 0.4) is 0 Å². The third-order valence-corrected chi connectivity index (χ3v) is 12.7. The highest BCUT2D eigenvalue weighted by molar-refractivity contribution is 6.12. The standard InChI is InChI=1S/C60H36N2O2/c1-2-16-37(17-3-1)40-34-51(43-26-12-20-38-18-4-6-22-41(38)43)57(52(35-40)44-27-13-21-39-19-5-7-23-42(39)44)60-61-53(49-30-14-28-47-45-24-8-10-32-55(45)63-58(47)49)36-54(62-60)50-31-15-29-48-46-25-9-11-33-56(46)64-59(48)50/h1-36H. The molecule has 0 aliphatic carbocycles. The Bertz CT molecular complexity index is 3730. The molecule has 64 heavy (non-hydrogen) atoms. The maximum Gasteiger partial charge on any atom is 0.161 e. The van der Waals surface area contributed by atoms with Crippen LogP contribution < -0.4 is 0 Å². The lowest BCUT2D eigenvalue weighted by Gasteiger charge is -2.21. The van der Waals surface area contributed by atoms with E-state index in [9.17, 15) is 0 Å². The molecule has 0 bridgehead atoms. The summed E-state index contributed by atoms with van der Waals surface area (Å²) in [6.45, 7) is 0. The van der Waals surface area contributed by atoms with Gasteiger partial charge >= 0.3 is 0 Å². The van der Waals surface area contributed by atoms with Crippen molar-refractivity contribution in [1.82, 2.24) is 9.97 Å². The van der Waals surface area contributed by atoms with Crippen molar-refractivity contribution < 1.29 is 8.83 Å². The first-order chi connectivity index (χ1) is 31.7. The third kappa shape index (κ3) is 5.77. The molecule has 0 saturated carbocycles. The second-order valence-corrected chi connectivity index (χ2v) is 16.4. The van der Waals surface area contributed by atoms with Crippen LogP contribution in [0.15, 0.2) is 227 Å². The molecule has 0 amide bonds. The number of para-hydroxylation sites is 4. The van der Waals surface area contributed by atoms with Gasteiger partial charge in [-0.15, -0.1) is 0 Å². The number of hydrogen-bond acceptors (Lipinski definition) is 4. The first-order valence-corrected chi connectivity index (χ1v) is 21.6. The minimum absolute atomic E-state index is 0.596. The molecule has 4 nitrogen and oxygen atoms in total. The molecule has 0 spiro atoms. The van der Waals surface area contributed by atoms with Crippen molar-refractivity contribution in [2.24, 2.45) is 0 Å². The van der Waals surface area contributed by atoms with Crippen molar-refractivity contribution in [2.45, 2.75) is 0 Å². The molecular weight excluding hydrogens is 781 g/mol. The van der Waals surface area contributed by atoms with Gasteiger partial charge in [-0.1, -0.05) is 176 Å². The molecule has 0 saturated heterocycles. The van der Waals surface area contributed by atoms with Crippen molar-refractivity contribution in [2.75, 3.05) is 0 Å². The van der Waals surface area contributed by atoms with Crippen LogP contribution in [-0.4, -0.2) is 9.97 Å². The van der Waals surface area contributed by atoms with E-state index in [0.717, 1.165) is 127 Å². The van der Waals surface area contributed by atoms with Gasteiger partial charge in [0.25, 0.3) is 0 Å². The van der Waals surface area contributed by atoms with Crippen LogP contribution in [0.1, 0.15) is 0 Å². The van der Waals surface area contributed by atoms with Crippen LogP contribution in [0.4, 0.5) is 0 Å². The molecule has 298 valence electrons. The Labute approximate surface area is 368 Å². The van der Waals surface area contributed by atoms with Gasteiger partial charge in [0, 0.05) is 38.2 Å². The lowest BCUT2D eigenvalue weighted by molar-refractivity contribution is 0.669. The van der Waals surface area contributed by atoms with E-state index in [-0.39, 0.29) is 0 Å². The third-order valence-electron chi connectivity index (χ3n) is 12.7. The quantitative estimate of drug-likeness (QED) is 0.168. The molecule has 10 aromatic carbocycles. The SMILES string of the molecule is c1ccc(-c2cc(-c3cccc4ccccc34)c(-c3nc(-c4cccc5c4oc4ccccc45)cc(-c4cccc5c4oc4ccccc45)n3)c(-c3cccc4ccccc34)c2)cc1. The summed E-state index contributed by atoms with van der Waals surface area (Å²) in [5.41, 5.74) is 13.9. The Kier molecular flexibility index (Phi) is 8.18. The first-order valence-electron chi connectivity index (χ1n) is 21.6. The number of rotatable bonds is 6. The number of aromatic nitrogens is 2. The topological polar surface area (TPSA) is 52.1 Å². The van der Waals surface area contributed by atoms with Crippen molar-refractivity contribution in [3.63, 3.8) is 0 Å². The Morgan fingerprint density at radius 1 is 0.281 bits per heavy atom. The average molecular weight is 817 g/mol. The summed E-state index contributed by atoms with van der Waals surface area (Å²) in [6.07, 6.45) is 0. The summed E-state index contributed by atoms with van der Waals surface area (Å²) in [5, 5.41) is 8.82. The fourth-order valence-corrected chi connectivity index (χ4v) is 9.76. The van der Waals surface area contributed by atoms with Gasteiger partial charge in [0.05, 0.1) is 11.4 Å². The summed E-state index contributed by atoms with van der Waals surface area (Å²) in [6, 6.07) is 76.9. The molecule has 0 aliphatic heterocycles. The predicted molar refractivity (Wildman–Crippen MR) is 264 cm³/mol. The lowest BCUT2D eigenvalue weighted by Crippen LogP contribution is -2.01. The fraction of sp³-hybridized carbons (Fsp3) is 0. The zero-order valence-electron chi connectivity index (χ0n) is 34.5. The highest BCUT2D eigenvalue weighted by Crippen LogP contribution is 2.47. The maximum atomic E-state index is 6.71. The summed E-state index contributed by atoms with van der Waals surface area (Å²) >= 11 is 0. The number of hydrogen-bond donors (Lipinski definition) is 0. The Balaban J connectivity index is 1.20. The molecule has 4 heteroatoms. The largest absolute Gasteiger partial charge is 0.455 e. The molecule has 0 atom stereocenters. The molecule has 13 aromatic rings. The van der Waals surface area contributed by atoms with E-state index < -0.39 is 0 Å². The average Bonchev–Trinajstić information content (AvgIpc) is 3.95. The number of furan rings is 2. The molecule has 3 aromatic heterocycles. The van der Waals surface area contributed by atoms with Crippen molar-refractivity contribution in [1.29, 1.82) is 0 Å². The predicted octanol–water partition coefficient (Wildman–Crippen LogP) is 16.6. The van der Waals surface area contributed by atoms with E-state index in [4.69, 9.17) is 18.8 Å². The van der Waals surface area contributed by atoms with Crippen LogP contribution in [0.5, 0.6) is 0 Å². The van der Waals surface area contributed by atoms with Crippen LogP contribution >= 0.6 is 0 Å². The van der Waals surface area contributed by atoms with Gasteiger partial charge in [0.2, 0.25) is 0 Å². The molecule has 0 N–H and O–H groups in total. The first kappa shape index (κ1) is 36.1. The molecule has 3 heterocycles. The number of nitrogens with zero attached hydrogens (tertiary/aromatic N) is 2. The van der Waals surface area contributed by atoms with E-state index in [1.54, 1.807) is 0 Å². The molecular formula is C60H36N2O2. The molecule has 0 aliphatic rings. The number of benzene rings is 10. The van der Waals surface area contributed by atoms with E-state index >= 15 is 0 Å². The minimum atomic E-state index is 0.596. The van der Waals surface area contributed by atoms with Crippen LogP contribution in [-0.2, 0) is 0 Å². The monoisotopic (exact) mass is 816 g/mol. The Morgan fingerprint density at radius 3 is 1.22 bits per heavy atom. The summed E-state index contributed by atoms with van der Waals surface area (Å²) in [7, 11) is 0. The molecule has 0 radical (unpaired) electrons. The second kappa shape index (κ2) is 14.5. The van der Waals surface area contributed by atoms with Gasteiger partial charge in [-0.2, -0.15) is 0 Å². The van der Waals surface area contributed by atoms with E-state index in [1.165, 1.54) is 0 Å². The zero-order chi connectivity index (χ0) is 42.1. The molecule has 0 fully saturated rings. The Hall–Kier alpha value is -8.60.